The molecule has 6 aliphatic rings. The van der Waals surface area contributed by atoms with Crippen LogP contribution >= 0.6 is 23.2 Å². The first kappa shape index (κ1) is 34.6. The number of H-pyrrole nitrogens is 1. The van der Waals surface area contributed by atoms with Crippen molar-refractivity contribution in [3.63, 3.8) is 0 Å². The van der Waals surface area contributed by atoms with E-state index in [0.29, 0.717) is 38.8 Å². The van der Waals surface area contributed by atoms with Crippen LogP contribution in [-0.4, -0.2) is 57.5 Å². The largest absolute Gasteiger partial charge is 0.522 e. The van der Waals surface area contributed by atoms with Gasteiger partial charge < -0.3 is 15.2 Å². The number of fused-ring (bicyclic) bond motifs is 6. The molecular formula is C37H34Cl2F5N5O2. The van der Waals surface area contributed by atoms with E-state index in [1.807, 2.05) is 0 Å². The number of alkyl halides is 4. The lowest BCUT2D eigenvalue weighted by molar-refractivity contribution is -0.349. The normalized spacial score (nSPS) is 27.0. The Morgan fingerprint density at radius 3 is 2.55 bits per heavy atom. The second-order valence-corrected chi connectivity index (χ2v) is 15.3. The lowest BCUT2D eigenvalue weighted by Gasteiger charge is -2.39. The number of aromatic nitrogens is 2. The molecule has 0 spiro atoms. The maximum Gasteiger partial charge on any atom is 0.522 e. The fourth-order valence-electron chi connectivity index (χ4n) is 8.66. The van der Waals surface area contributed by atoms with Gasteiger partial charge in [0.15, 0.2) is 11.5 Å². The number of hydrogen-bond donors (Lipinski definition) is 2. The molecule has 3 saturated heterocycles. The zero-order valence-corrected chi connectivity index (χ0v) is 29.0. The Morgan fingerprint density at radius 2 is 1.92 bits per heavy atom. The predicted octanol–water partition coefficient (Wildman–Crippen LogP) is 9.03. The molecule has 3 aliphatic carbocycles. The highest BCUT2D eigenvalue weighted by Crippen LogP contribution is 2.56. The molecule has 7 nitrogen and oxygen atoms in total. The van der Waals surface area contributed by atoms with Crippen molar-refractivity contribution in [2.24, 2.45) is 11.8 Å². The fraction of sp³-hybridized carbons (Fsp3) is 0.486. The van der Waals surface area contributed by atoms with E-state index in [0.717, 1.165) is 12.0 Å². The molecule has 3 aliphatic heterocycles. The summed E-state index contributed by atoms with van der Waals surface area (Å²) < 4.78 is 76.1. The summed E-state index contributed by atoms with van der Waals surface area (Å²) in [5, 5.41) is 14.0. The second kappa shape index (κ2) is 12.6. The minimum atomic E-state index is -4.87. The first-order valence-corrected chi connectivity index (χ1v) is 18.0. The molecule has 51 heavy (non-hydrogen) atoms. The highest BCUT2D eigenvalue weighted by molar-refractivity contribution is 6.43. The zero-order chi connectivity index (χ0) is 36.0. The number of rotatable bonds is 6. The number of piperidine rings is 1. The van der Waals surface area contributed by atoms with Crippen LogP contribution in [0.5, 0.6) is 0 Å². The number of likely N-dealkylation sites (tertiary alicyclic amines) is 1. The van der Waals surface area contributed by atoms with E-state index in [9.17, 15) is 23.2 Å². The molecule has 2 N–H and O–H groups in total. The molecule has 3 saturated carbocycles. The van der Waals surface area contributed by atoms with E-state index in [-0.39, 0.29) is 59.7 Å². The Bertz CT molecular complexity index is 2090. The third-order valence-electron chi connectivity index (χ3n) is 11.3. The number of carbonyl (C=O) groups is 1. The summed E-state index contributed by atoms with van der Waals surface area (Å²) in [5.41, 5.74) is 0.267. The van der Waals surface area contributed by atoms with Gasteiger partial charge in [0.2, 0.25) is 0 Å². The van der Waals surface area contributed by atoms with Gasteiger partial charge in [-0.25, -0.2) is 13.8 Å². The number of pyridine rings is 1. The minimum Gasteiger partial charge on any atom is -0.356 e. The van der Waals surface area contributed by atoms with Crippen LogP contribution in [0.15, 0.2) is 30.3 Å². The summed E-state index contributed by atoms with van der Waals surface area (Å²) >= 11 is 12.7. The van der Waals surface area contributed by atoms with Gasteiger partial charge in [0.05, 0.1) is 33.8 Å². The van der Waals surface area contributed by atoms with Gasteiger partial charge >= 0.3 is 6.36 Å². The number of aryl methyl sites for hydroxylation is 2. The Morgan fingerprint density at radius 1 is 1.16 bits per heavy atom. The SMILES string of the molecule is C1NC2CC1C2.Cc1nc2c(F)c(-c3cccc(Cl)c3Cl)c(CCC#N)cc2c2[nH]c(C3C4CC(CC4OC(F)(F)F)N3C(=O)C3(F)CC3)cc12. The van der Waals surface area contributed by atoms with Gasteiger partial charge in [-0.3, -0.25) is 9.53 Å². The summed E-state index contributed by atoms with van der Waals surface area (Å²) in [4.78, 5) is 22.6. The maximum absolute atomic E-state index is 16.5. The van der Waals surface area contributed by atoms with Crippen LogP contribution in [-0.2, 0) is 16.0 Å². The number of benzene rings is 2. The number of hydrogen-bond acceptors (Lipinski definition) is 5. The number of nitrogens with zero attached hydrogens (tertiary/aromatic N) is 3. The summed E-state index contributed by atoms with van der Waals surface area (Å²) in [7, 11) is 0. The molecule has 14 heteroatoms. The number of aromatic amines is 1. The van der Waals surface area contributed by atoms with Gasteiger partial charge in [-0.2, -0.15) is 5.26 Å². The molecule has 5 heterocycles. The number of ether oxygens (including phenoxy) is 1. The summed E-state index contributed by atoms with van der Waals surface area (Å²) in [5.74, 6) is -1.06. The molecule has 4 bridgehead atoms. The lowest BCUT2D eigenvalue weighted by atomic mass is 9.87. The molecule has 1 amide bonds. The van der Waals surface area contributed by atoms with Gasteiger partial charge in [-0.1, -0.05) is 35.3 Å². The summed E-state index contributed by atoms with van der Waals surface area (Å²) in [6, 6.07) is 9.76. The van der Waals surface area contributed by atoms with Crippen molar-refractivity contribution < 1.29 is 31.5 Å². The molecule has 10 rings (SSSR count). The molecule has 6 fully saturated rings. The lowest BCUT2D eigenvalue weighted by Crippen LogP contribution is -2.49. The van der Waals surface area contributed by atoms with Crippen molar-refractivity contribution in [1.29, 1.82) is 5.26 Å². The van der Waals surface area contributed by atoms with Gasteiger partial charge in [-0.15, -0.1) is 13.2 Å². The highest BCUT2D eigenvalue weighted by atomic mass is 35.5. The first-order chi connectivity index (χ1) is 24.3. The van der Waals surface area contributed by atoms with Crippen LogP contribution < -0.4 is 5.32 Å². The smallest absolute Gasteiger partial charge is 0.356 e. The van der Waals surface area contributed by atoms with Crippen LogP contribution in [0.25, 0.3) is 32.9 Å². The number of nitrogens with one attached hydrogen (secondary N) is 2. The van der Waals surface area contributed by atoms with Crippen molar-refractivity contribution >= 4 is 50.9 Å². The molecule has 0 radical (unpaired) electrons. The third-order valence-corrected chi connectivity index (χ3v) is 12.1. The van der Waals surface area contributed by atoms with E-state index in [1.165, 1.54) is 24.3 Å². The van der Waals surface area contributed by atoms with E-state index in [2.05, 4.69) is 26.1 Å². The molecule has 4 unspecified atom stereocenters. The van der Waals surface area contributed by atoms with E-state index >= 15 is 8.78 Å². The Balaban J connectivity index is 0.000000558. The van der Waals surface area contributed by atoms with E-state index < -0.39 is 47.9 Å². The van der Waals surface area contributed by atoms with Crippen LogP contribution in [0.3, 0.4) is 0 Å². The van der Waals surface area contributed by atoms with Crippen molar-refractivity contribution in [2.75, 3.05) is 6.54 Å². The van der Waals surface area contributed by atoms with Crippen LogP contribution in [0.4, 0.5) is 22.0 Å². The average molecular weight is 747 g/mol. The first-order valence-electron chi connectivity index (χ1n) is 17.2. The Hall–Kier alpha value is -3.50. The highest BCUT2D eigenvalue weighted by Gasteiger charge is 2.62. The monoisotopic (exact) mass is 745 g/mol. The molecule has 2 aromatic carbocycles. The van der Waals surface area contributed by atoms with Crippen molar-refractivity contribution in [3.8, 4) is 17.2 Å². The standard InChI is InChI=1S/C32H25Cl2F5N4O2.C5H9N/c1-14-18-13-22(29-19-11-16(12-23(19)45-32(37,38)39)43(29)30(44)31(36)7-8-31)42-27(18)20-10-15(4-3-9-40)24(26(35)28(20)41-14)17-5-2-6-21(33)25(17)34;1-4-2-5(1)6-3-4/h2,5-6,10,13,16,19,23,29,42H,3-4,7-8,11-12H2,1H3;4-6H,1-3H2. The second-order valence-electron chi connectivity index (χ2n) is 14.5. The molecular weight excluding hydrogens is 712 g/mol. The molecule has 4 aromatic rings. The van der Waals surface area contributed by atoms with Crippen molar-refractivity contribution in [1.82, 2.24) is 20.2 Å². The maximum atomic E-state index is 16.5. The third kappa shape index (κ3) is 6.04. The van der Waals surface area contributed by atoms with Crippen molar-refractivity contribution in [2.45, 2.75) is 94.6 Å². The van der Waals surface area contributed by atoms with E-state index in [4.69, 9.17) is 23.2 Å². The number of carbonyl (C=O) groups excluding carboxylic acids is 1. The Kier molecular flexibility index (Phi) is 8.53. The topological polar surface area (TPSA) is 94.0 Å². The molecule has 2 aromatic heterocycles. The van der Waals surface area contributed by atoms with Crippen LogP contribution in [0.2, 0.25) is 10.0 Å². The quantitative estimate of drug-likeness (QED) is 0.192. The molecule has 268 valence electrons. The number of amides is 1. The van der Waals surface area contributed by atoms with E-state index in [1.54, 1.807) is 37.3 Å². The summed E-state index contributed by atoms with van der Waals surface area (Å²) in [6.07, 6.45) is -2.54. The molecule has 4 atom stereocenters. The number of halogens is 7. The fourth-order valence-corrected chi connectivity index (χ4v) is 9.06. The van der Waals surface area contributed by atoms with Gasteiger partial charge in [0, 0.05) is 57.7 Å². The Labute approximate surface area is 300 Å². The average Bonchev–Trinajstić information content (AvgIpc) is 3.67. The van der Waals surface area contributed by atoms with Crippen LogP contribution in [0, 0.1) is 35.9 Å². The van der Waals surface area contributed by atoms with Crippen molar-refractivity contribution in [3.05, 3.63) is 63.1 Å². The van der Waals surface area contributed by atoms with Gasteiger partial charge in [0.25, 0.3) is 5.91 Å². The summed E-state index contributed by atoms with van der Waals surface area (Å²) in [6.45, 7) is 2.99. The zero-order valence-electron chi connectivity index (χ0n) is 27.5. The minimum absolute atomic E-state index is 0.0139. The van der Waals surface area contributed by atoms with Crippen LogP contribution in [0.1, 0.15) is 67.9 Å². The predicted molar refractivity (Wildman–Crippen MR) is 182 cm³/mol. The van der Waals surface area contributed by atoms with Gasteiger partial charge in [-0.05, 0) is 88.1 Å². The number of nitriles is 1. The van der Waals surface area contributed by atoms with Gasteiger partial charge in [0.1, 0.15) is 5.52 Å².